The molecule has 7 heteroatoms. The van der Waals surface area contributed by atoms with Gasteiger partial charge < -0.3 is 9.47 Å². The van der Waals surface area contributed by atoms with Crippen LogP contribution in [0.5, 0.6) is 11.5 Å². The Balaban J connectivity index is 1.81. The molecule has 6 nitrogen and oxygen atoms in total. The van der Waals surface area contributed by atoms with E-state index in [1.807, 2.05) is 24.3 Å². The highest BCUT2D eigenvalue weighted by Gasteiger charge is 2.21. The van der Waals surface area contributed by atoms with Gasteiger partial charge in [0.25, 0.3) is 10.0 Å². The van der Waals surface area contributed by atoms with Crippen LogP contribution in [-0.4, -0.2) is 40.6 Å². The summed E-state index contributed by atoms with van der Waals surface area (Å²) < 4.78 is 39.2. The quantitative estimate of drug-likeness (QED) is 0.693. The molecule has 0 atom stereocenters. The number of rotatable bonds is 8. The highest BCUT2D eigenvalue weighted by molar-refractivity contribution is 7.92. The third-order valence-electron chi connectivity index (χ3n) is 5.54. The van der Waals surface area contributed by atoms with Gasteiger partial charge in [-0.05, 0) is 43.7 Å². The molecule has 29 heavy (non-hydrogen) atoms. The van der Waals surface area contributed by atoms with E-state index in [0.29, 0.717) is 29.8 Å². The minimum absolute atomic E-state index is 0.130. The largest absolute Gasteiger partial charge is 0.493 e. The van der Waals surface area contributed by atoms with Crippen LogP contribution in [0.1, 0.15) is 37.7 Å². The van der Waals surface area contributed by atoms with E-state index in [2.05, 4.69) is 16.7 Å². The first kappa shape index (κ1) is 21.5. The van der Waals surface area contributed by atoms with E-state index >= 15 is 0 Å². The van der Waals surface area contributed by atoms with Gasteiger partial charge in [0.2, 0.25) is 0 Å². The van der Waals surface area contributed by atoms with Crippen LogP contribution in [0.2, 0.25) is 0 Å². The lowest BCUT2D eigenvalue weighted by Crippen LogP contribution is -2.33. The summed E-state index contributed by atoms with van der Waals surface area (Å²) in [4.78, 5) is 2.47. The average molecular weight is 419 g/mol. The molecule has 1 aliphatic rings. The second kappa shape index (κ2) is 9.50. The van der Waals surface area contributed by atoms with Gasteiger partial charge in [0, 0.05) is 18.7 Å². The first-order chi connectivity index (χ1) is 13.9. The number of sulfonamides is 1. The van der Waals surface area contributed by atoms with Crippen molar-refractivity contribution < 1.29 is 17.9 Å². The summed E-state index contributed by atoms with van der Waals surface area (Å²) in [6, 6.07) is 12.7. The maximum Gasteiger partial charge on any atom is 0.262 e. The van der Waals surface area contributed by atoms with Crippen LogP contribution in [0.15, 0.2) is 47.4 Å². The van der Waals surface area contributed by atoms with E-state index in [1.54, 1.807) is 6.07 Å². The van der Waals surface area contributed by atoms with E-state index in [9.17, 15) is 8.42 Å². The molecule has 1 aliphatic carbocycles. The molecule has 1 N–H and O–H groups in total. The number of methoxy groups -OCH3 is 2. The summed E-state index contributed by atoms with van der Waals surface area (Å²) >= 11 is 0. The van der Waals surface area contributed by atoms with Crippen molar-refractivity contribution in [1.29, 1.82) is 0 Å². The fourth-order valence-electron chi connectivity index (χ4n) is 3.86. The molecule has 2 aromatic carbocycles. The predicted molar refractivity (Wildman–Crippen MR) is 115 cm³/mol. The van der Waals surface area contributed by atoms with Crippen LogP contribution >= 0.6 is 0 Å². The maximum atomic E-state index is 13.0. The number of para-hydroxylation sites is 1. The zero-order chi connectivity index (χ0) is 20.9. The van der Waals surface area contributed by atoms with E-state index in [4.69, 9.17) is 9.47 Å². The maximum absolute atomic E-state index is 13.0. The van der Waals surface area contributed by atoms with E-state index in [1.165, 1.54) is 58.5 Å². The van der Waals surface area contributed by atoms with E-state index in [-0.39, 0.29) is 4.90 Å². The molecule has 0 spiro atoms. The summed E-state index contributed by atoms with van der Waals surface area (Å²) in [5.74, 6) is 0.863. The van der Waals surface area contributed by atoms with E-state index in [0.717, 1.165) is 5.56 Å². The Kier molecular flexibility index (Phi) is 7.03. The van der Waals surface area contributed by atoms with Crippen molar-refractivity contribution in [3.8, 4) is 11.5 Å². The number of nitrogens with one attached hydrogen (secondary N) is 1. The van der Waals surface area contributed by atoms with Crippen molar-refractivity contribution in [3.63, 3.8) is 0 Å². The van der Waals surface area contributed by atoms with Gasteiger partial charge in [0.15, 0.2) is 11.5 Å². The molecule has 2 aromatic rings. The van der Waals surface area contributed by atoms with Crippen molar-refractivity contribution in [2.75, 3.05) is 26.0 Å². The second-order valence-electron chi connectivity index (χ2n) is 7.49. The van der Waals surface area contributed by atoms with Crippen molar-refractivity contribution in [1.82, 2.24) is 4.90 Å². The summed E-state index contributed by atoms with van der Waals surface area (Å²) in [6.45, 7) is 0.704. The number of benzene rings is 2. The van der Waals surface area contributed by atoms with Crippen molar-refractivity contribution >= 4 is 15.7 Å². The fraction of sp³-hybridized carbons (Fsp3) is 0.455. The minimum Gasteiger partial charge on any atom is -0.493 e. The zero-order valence-corrected chi connectivity index (χ0v) is 18.2. The Labute approximate surface area is 173 Å². The van der Waals surface area contributed by atoms with Gasteiger partial charge in [-0.2, -0.15) is 0 Å². The molecule has 3 rings (SSSR count). The molecule has 158 valence electrons. The summed E-state index contributed by atoms with van der Waals surface area (Å²) in [5.41, 5.74) is 1.56. The Morgan fingerprint density at radius 1 is 1.00 bits per heavy atom. The van der Waals surface area contributed by atoms with Crippen LogP contribution in [0.4, 0.5) is 5.69 Å². The van der Waals surface area contributed by atoms with Crippen molar-refractivity contribution in [3.05, 3.63) is 48.0 Å². The number of nitrogens with zero attached hydrogens (tertiary/aromatic N) is 1. The standard InChI is InChI=1S/C22H30N2O4S/c1-24(18-10-5-4-6-11-18)16-17-9-7-8-12-20(17)23-29(25,26)19-13-14-21(27-2)22(15-19)28-3/h7-9,12-15,18,23H,4-6,10-11,16H2,1-3H3. The third kappa shape index (κ3) is 5.22. The highest BCUT2D eigenvalue weighted by atomic mass is 32.2. The number of anilines is 1. The molecular formula is C22H30N2O4S. The van der Waals surface area contributed by atoms with Gasteiger partial charge in [0.05, 0.1) is 24.8 Å². The smallest absolute Gasteiger partial charge is 0.262 e. The van der Waals surface area contributed by atoms with Crippen LogP contribution in [-0.2, 0) is 16.6 Å². The van der Waals surface area contributed by atoms with Crippen LogP contribution in [0, 0.1) is 0 Å². The fourth-order valence-corrected chi connectivity index (χ4v) is 4.98. The average Bonchev–Trinajstić information content (AvgIpc) is 2.75. The Bertz CT molecular complexity index is 924. The molecule has 0 amide bonds. The lowest BCUT2D eigenvalue weighted by atomic mass is 9.94. The Morgan fingerprint density at radius 3 is 2.38 bits per heavy atom. The van der Waals surface area contributed by atoms with Crippen LogP contribution in [0.25, 0.3) is 0 Å². The van der Waals surface area contributed by atoms with Crippen molar-refractivity contribution in [2.24, 2.45) is 0 Å². The lowest BCUT2D eigenvalue weighted by Gasteiger charge is -2.31. The molecule has 0 aromatic heterocycles. The van der Waals surface area contributed by atoms with Gasteiger partial charge in [-0.25, -0.2) is 8.42 Å². The zero-order valence-electron chi connectivity index (χ0n) is 17.3. The van der Waals surface area contributed by atoms with Crippen LogP contribution in [0.3, 0.4) is 0 Å². The molecule has 0 saturated heterocycles. The summed E-state index contributed by atoms with van der Waals surface area (Å²) in [6.07, 6.45) is 6.25. The Hall–Kier alpha value is -2.25. The van der Waals surface area contributed by atoms with Crippen LogP contribution < -0.4 is 14.2 Å². The number of hydrogen-bond acceptors (Lipinski definition) is 5. The Morgan fingerprint density at radius 2 is 1.69 bits per heavy atom. The van der Waals surface area contributed by atoms with Gasteiger partial charge in [-0.1, -0.05) is 37.5 Å². The monoisotopic (exact) mass is 418 g/mol. The highest BCUT2D eigenvalue weighted by Crippen LogP contribution is 2.31. The van der Waals surface area contributed by atoms with Gasteiger partial charge >= 0.3 is 0 Å². The lowest BCUT2D eigenvalue weighted by molar-refractivity contribution is 0.185. The normalized spacial score (nSPS) is 15.3. The molecule has 0 unspecified atom stereocenters. The van der Waals surface area contributed by atoms with Crippen molar-refractivity contribution in [2.45, 2.75) is 49.6 Å². The van der Waals surface area contributed by atoms with Gasteiger partial charge in [-0.3, -0.25) is 9.62 Å². The molecular weight excluding hydrogens is 388 g/mol. The van der Waals surface area contributed by atoms with Gasteiger partial charge in [0.1, 0.15) is 0 Å². The minimum atomic E-state index is -3.76. The number of hydrogen-bond donors (Lipinski definition) is 1. The summed E-state index contributed by atoms with van der Waals surface area (Å²) in [7, 11) is 1.36. The van der Waals surface area contributed by atoms with E-state index < -0.39 is 10.0 Å². The predicted octanol–water partition coefficient (Wildman–Crippen LogP) is 4.27. The molecule has 0 aliphatic heterocycles. The SMILES string of the molecule is COc1ccc(S(=O)(=O)Nc2ccccc2CN(C)C2CCCCC2)cc1OC. The second-order valence-corrected chi connectivity index (χ2v) is 9.17. The first-order valence-electron chi connectivity index (χ1n) is 9.97. The first-order valence-corrected chi connectivity index (χ1v) is 11.5. The molecule has 0 heterocycles. The molecule has 0 bridgehead atoms. The third-order valence-corrected chi connectivity index (χ3v) is 6.91. The molecule has 1 saturated carbocycles. The molecule has 0 radical (unpaired) electrons. The summed E-state index contributed by atoms with van der Waals surface area (Å²) in [5, 5.41) is 0. The molecule has 1 fully saturated rings. The van der Waals surface area contributed by atoms with Gasteiger partial charge in [-0.15, -0.1) is 0 Å². The number of ether oxygens (including phenoxy) is 2. The topological polar surface area (TPSA) is 67.9 Å².